The SMILES string of the molecule is CCNC(c1ccccc1C1CCC1)C(C)S(C)(=O)=O. The van der Waals surface area contributed by atoms with Gasteiger partial charge in [0.1, 0.15) is 0 Å². The van der Waals surface area contributed by atoms with E-state index in [-0.39, 0.29) is 6.04 Å². The highest BCUT2D eigenvalue weighted by molar-refractivity contribution is 7.91. The van der Waals surface area contributed by atoms with Crippen molar-refractivity contribution >= 4 is 9.84 Å². The van der Waals surface area contributed by atoms with Crippen LogP contribution in [0.3, 0.4) is 0 Å². The second-order valence-corrected chi connectivity index (χ2v) is 8.23. The van der Waals surface area contributed by atoms with Gasteiger partial charge in [-0.2, -0.15) is 0 Å². The molecule has 3 nitrogen and oxygen atoms in total. The van der Waals surface area contributed by atoms with E-state index in [1.54, 1.807) is 6.92 Å². The Morgan fingerprint density at radius 2 is 1.95 bits per heavy atom. The van der Waals surface area contributed by atoms with E-state index in [0.29, 0.717) is 5.92 Å². The van der Waals surface area contributed by atoms with Crippen LogP contribution in [-0.2, 0) is 9.84 Å². The summed E-state index contributed by atoms with van der Waals surface area (Å²) in [6, 6.07) is 8.20. The van der Waals surface area contributed by atoms with Gasteiger partial charge in [-0.3, -0.25) is 0 Å². The van der Waals surface area contributed by atoms with Crippen molar-refractivity contribution in [2.24, 2.45) is 0 Å². The van der Waals surface area contributed by atoms with Crippen LogP contribution in [0.15, 0.2) is 24.3 Å². The maximum atomic E-state index is 11.9. The number of hydrogen-bond donors (Lipinski definition) is 1. The lowest BCUT2D eigenvalue weighted by Crippen LogP contribution is -2.36. The molecule has 1 fully saturated rings. The zero-order valence-corrected chi connectivity index (χ0v) is 13.4. The first-order valence-electron chi connectivity index (χ1n) is 7.46. The maximum absolute atomic E-state index is 11.9. The van der Waals surface area contributed by atoms with E-state index in [9.17, 15) is 8.42 Å². The van der Waals surface area contributed by atoms with Gasteiger partial charge in [-0.15, -0.1) is 0 Å². The molecule has 0 aromatic heterocycles. The average Bonchev–Trinajstić information content (AvgIpc) is 2.33. The van der Waals surface area contributed by atoms with Crippen LogP contribution in [0.25, 0.3) is 0 Å². The third-order valence-corrected chi connectivity index (χ3v) is 6.07. The normalized spacial score (nSPS) is 19.4. The van der Waals surface area contributed by atoms with E-state index in [0.717, 1.165) is 12.1 Å². The molecule has 0 amide bonds. The van der Waals surface area contributed by atoms with E-state index in [2.05, 4.69) is 23.5 Å². The lowest BCUT2D eigenvalue weighted by Gasteiger charge is -2.32. The highest BCUT2D eigenvalue weighted by atomic mass is 32.2. The summed E-state index contributed by atoms with van der Waals surface area (Å²) in [7, 11) is -3.07. The Balaban J connectivity index is 2.38. The molecule has 112 valence electrons. The molecule has 4 heteroatoms. The molecule has 0 heterocycles. The van der Waals surface area contributed by atoms with E-state index >= 15 is 0 Å². The summed E-state index contributed by atoms with van der Waals surface area (Å²) in [5.74, 6) is 0.610. The van der Waals surface area contributed by atoms with Crippen LogP contribution in [0, 0.1) is 0 Å². The van der Waals surface area contributed by atoms with Crippen LogP contribution in [0.4, 0.5) is 0 Å². The summed E-state index contributed by atoms with van der Waals surface area (Å²) in [6.07, 6.45) is 5.06. The summed E-state index contributed by atoms with van der Waals surface area (Å²) in [4.78, 5) is 0. The topological polar surface area (TPSA) is 46.2 Å². The van der Waals surface area contributed by atoms with Crippen molar-refractivity contribution in [1.29, 1.82) is 0 Å². The molecule has 1 aliphatic carbocycles. The highest BCUT2D eigenvalue weighted by Crippen LogP contribution is 2.40. The Bertz CT molecular complexity index is 549. The third-order valence-electron chi connectivity index (χ3n) is 4.44. The van der Waals surface area contributed by atoms with Gasteiger partial charge in [0, 0.05) is 12.3 Å². The summed E-state index contributed by atoms with van der Waals surface area (Å²) in [5, 5.41) is 2.96. The fourth-order valence-corrected chi connectivity index (χ4v) is 3.62. The Kier molecular flexibility index (Phi) is 4.86. The smallest absolute Gasteiger partial charge is 0.151 e. The predicted octanol–water partition coefficient (Wildman–Crippen LogP) is 3.04. The zero-order valence-electron chi connectivity index (χ0n) is 12.6. The van der Waals surface area contributed by atoms with E-state index in [4.69, 9.17) is 0 Å². The maximum Gasteiger partial charge on any atom is 0.151 e. The van der Waals surface area contributed by atoms with Crippen molar-refractivity contribution in [3.8, 4) is 0 Å². The Morgan fingerprint density at radius 3 is 2.45 bits per heavy atom. The van der Waals surface area contributed by atoms with Gasteiger partial charge in [-0.25, -0.2) is 8.42 Å². The standard InChI is InChI=1S/C16H25NO2S/c1-4-17-16(12(2)20(3,18)19)15-11-6-5-10-14(15)13-8-7-9-13/h5-6,10-13,16-17H,4,7-9H2,1-3H3. The quantitative estimate of drug-likeness (QED) is 0.877. The Morgan fingerprint density at radius 1 is 1.30 bits per heavy atom. The molecule has 1 aromatic rings. The van der Waals surface area contributed by atoms with Crippen LogP contribution in [0.1, 0.15) is 56.2 Å². The van der Waals surface area contributed by atoms with Crippen molar-refractivity contribution in [3.05, 3.63) is 35.4 Å². The Hall–Kier alpha value is -0.870. The molecule has 2 atom stereocenters. The molecular weight excluding hydrogens is 270 g/mol. The van der Waals surface area contributed by atoms with Crippen molar-refractivity contribution in [2.45, 2.75) is 50.3 Å². The summed E-state index contributed by atoms with van der Waals surface area (Å²) in [6.45, 7) is 4.59. The molecule has 0 aliphatic heterocycles. The fraction of sp³-hybridized carbons (Fsp3) is 0.625. The number of hydrogen-bond acceptors (Lipinski definition) is 3. The molecule has 20 heavy (non-hydrogen) atoms. The van der Waals surface area contributed by atoms with E-state index in [1.165, 1.54) is 31.1 Å². The molecule has 1 aromatic carbocycles. The average molecular weight is 295 g/mol. The molecule has 1 aliphatic rings. The van der Waals surface area contributed by atoms with Crippen molar-refractivity contribution < 1.29 is 8.42 Å². The van der Waals surface area contributed by atoms with Gasteiger partial charge in [-0.05, 0) is 43.4 Å². The number of sulfone groups is 1. The van der Waals surface area contributed by atoms with Gasteiger partial charge in [-0.1, -0.05) is 37.6 Å². The highest BCUT2D eigenvalue weighted by Gasteiger charge is 2.31. The second-order valence-electron chi connectivity index (χ2n) is 5.83. The number of rotatable bonds is 6. The third kappa shape index (κ3) is 3.23. The second kappa shape index (κ2) is 6.27. The van der Waals surface area contributed by atoms with Gasteiger partial charge in [0.2, 0.25) is 0 Å². The lowest BCUT2D eigenvalue weighted by atomic mass is 9.77. The van der Waals surface area contributed by atoms with Crippen LogP contribution >= 0.6 is 0 Å². The Labute approximate surface area is 122 Å². The molecule has 0 saturated heterocycles. The van der Waals surface area contributed by atoms with Crippen LogP contribution in [0.2, 0.25) is 0 Å². The minimum absolute atomic E-state index is 0.119. The first-order valence-corrected chi connectivity index (χ1v) is 9.41. The molecule has 0 bridgehead atoms. The molecule has 0 radical (unpaired) electrons. The fourth-order valence-electron chi connectivity index (χ4n) is 2.88. The monoisotopic (exact) mass is 295 g/mol. The van der Waals surface area contributed by atoms with E-state index < -0.39 is 15.1 Å². The van der Waals surface area contributed by atoms with Gasteiger partial charge in [0.25, 0.3) is 0 Å². The van der Waals surface area contributed by atoms with Crippen molar-refractivity contribution in [1.82, 2.24) is 5.32 Å². The van der Waals surface area contributed by atoms with E-state index in [1.807, 2.05) is 13.0 Å². The van der Waals surface area contributed by atoms with Crippen LogP contribution in [0.5, 0.6) is 0 Å². The molecule has 1 N–H and O–H groups in total. The summed E-state index contributed by atoms with van der Waals surface area (Å²) in [5.41, 5.74) is 2.50. The van der Waals surface area contributed by atoms with Gasteiger partial charge < -0.3 is 5.32 Å². The van der Waals surface area contributed by atoms with Crippen LogP contribution < -0.4 is 5.32 Å². The molecule has 2 rings (SSSR count). The van der Waals surface area contributed by atoms with Crippen molar-refractivity contribution in [2.75, 3.05) is 12.8 Å². The van der Waals surface area contributed by atoms with Gasteiger partial charge in [0.05, 0.1) is 5.25 Å². The van der Waals surface area contributed by atoms with Gasteiger partial charge >= 0.3 is 0 Å². The molecule has 1 saturated carbocycles. The van der Waals surface area contributed by atoms with Crippen molar-refractivity contribution in [3.63, 3.8) is 0 Å². The lowest BCUT2D eigenvalue weighted by molar-refractivity contribution is 0.410. The minimum atomic E-state index is -3.07. The first kappa shape index (κ1) is 15.5. The number of nitrogens with one attached hydrogen (secondary N) is 1. The minimum Gasteiger partial charge on any atom is -0.309 e. The molecule has 2 unspecified atom stereocenters. The predicted molar refractivity (Wildman–Crippen MR) is 83.8 cm³/mol. The number of benzene rings is 1. The molecule has 0 spiro atoms. The summed E-state index contributed by atoms with van der Waals surface area (Å²) >= 11 is 0. The largest absolute Gasteiger partial charge is 0.309 e. The summed E-state index contributed by atoms with van der Waals surface area (Å²) < 4.78 is 23.9. The first-order chi connectivity index (χ1) is 9.45. The zero-order chi connectivity index (χ0) is 14.8. The van der Waals surface area contributed by atoms with Crippen LogP contribution in [-0.4, -0.2) is 26.5 Å². The van der Waals surface area contributed by atoms with Gasteiger partial charge in [0.15, 0.2) is 9.84 Å². The molecular formula is C16H25NO2S.